The molecule has 0 saturated heterocycles. The summed E-state index contributed by atoms with van der Waals surface area (Å²) in [5.74, 6) is -1.52. The molecule has 0 atom stereocenters. The van der Waals surface area contributed by atoms with E-state index in [4.69, 9.17) is 0 Å². The second-order valence-electron chi connectivity index (χ2n) is 6.56. The predicted molar refractivity (Wildman–Crippen MR) is 112 cm³/mol. The van der Waals surface area contributed by atoms with E-state index in [0.717, 1.165) is 32.5 Å². The maximum atomic E-state index is 11.7. The van der Waals surface area contributed by atoms with Crippen LogP contribution in [0, 0.1) is 13.8 Å². The average Bonchev–Trinajstić information content (AvgIpc) is 2.55. The molecule has 0 aromatic heterocycles. The van der Waals surface area contributed by atoms with Gasteiger partial charge in [0.2, 0.25) is 0 Å². The fraction of sp³-hybridized carbons (Fsp3) is 0.250. The molecule has 0 unspecified atom stereocenters. The van der Waals surface area contributed by atoms with Gasteiger partial charge in [0.25, 0.3) is 0 Å². The number of anilines is 2. The highest BCUT2D eigenvalue weighted by Gasteiger charge is 2.13. The van der Waals surface area contributed by atoms with Crippen LogP contribution in [0.15, 0.2) is 46.0 Å². The van der Waals surface area contributed by atoms with E-state index < -0.39 is 11.8 Å². The SMILES string of the molecule is Cc1cc(C)cc(Nc2ccc(Br)cc2/C=N\NC(=O)C(=O)NC(C)C)c1. The molecule has 0 aliphatic carbocycles. The Morgan fingerprint density at radius 2 is 1.70 bits per heavy atom. The highest BCUT2D eigenvalue weighted by molar-refractivity contribution is 9.10. The van der Waals surface area contributed by atoms with Gasteiger partial charge in [-0.2, -0.15) is 5.10 Å². The van der Waals surface area contributed by atoms with E-state index in [2.05, 4.69) is 43.2 Å². The second kappa shape index (κ2) is 9.32. The molecule has 0 fully saturated rings. The van der Waals surface area contributed by atoms with E-state index in [1.165, 1.54) is 6.21 Å². The van der Waals surface area contributed by atoms with E-state index in [1.54, 1.807) is 13.8 Å². The van der Waals surface area contributed by atoms with Gasteiger partial charge in [-0.25, -0.2) is 5.43 Å². The van der Waals surface area contributed by atoms with Crippen molar-refractivity contribution in [2.24, 2.45) is 5.10 Å². The quantitative estimate of drug-likeness (QED) is 0.383. The molecule has 3 N–H and O–H groups in total. The van der Waals surface area contributed by atoms with Gasteiger partial charge in [0.1, 0.15) is 0 Å². The summed E-state index contributed by atoms with van der Waals surface area (Å²) in [7, 11) is 0. The van der Waals surface area contributed by atoms with Crippen LogP contribution in [0.4, 0.5) is 11.4 Å². The molecular weight excluding hydrogens is 408 g/mol. The molecule has 2 rings (SSSR count). The molecule has 0 bridgehead atoms. The summed E-state index contributed by atoms with van der Waals surface area (Å²) in [5, 5.41) is 9.78. The largest absolute Gasteiger partial charge is 0.355 e. The van der Waals surface area contributed by atoms with Crippen molar-refractivity contribution < 1.29 is 9.59 Å². The number of hydrogen-bond acceptors (Lipinski definition) is 4. The van der Waals surface area contributed by atoms with E-state index in [-0.39, 0.29) is 6.04 Å². The van der Waals surface area contributed by atoms with E-state index in [0.29, 0.717) is 0 Å². The molecule has 27 heavy (non-hydrogen) atoms. The fourth-order valence-electron chi connectivity index (χ4n) is 2.50. The summed E-state index contributed by atoms with van der Waals surface area (Å²) in [5.41, 5.74) is 7.11. The van der Waals surface area contributed by atoms with Crippen molar-refractivity contribution >= 4 is 45.3 Å². The topological polar surface area (TPSA) is 82.6 Å². The Morgan fingerprint density at radius 1 is 1.04 bits per heavy atom. The van der Waals surface area contributed by atoms with E-state index in [1.807, 2.05) is 44.2 Å². The number of aryl methyl sites for hydroxylation is 2. The molecule has 2 aromatic carbocycles. The van der Waals surface area contributed by atoms with Gasteiger partial charge in [-0.05, 0) is 69.2 Å². The number of carbonyl (C=O) groups excluding carboxylic acids is 2. The molecule has 0 aliphatic rings. The summed E-state index contributed by atoms with van der Waals surface area (Å²) >= 11 is 3.44. The Hall–Kier alpha value is -2.67. The first-order valence-corrected chi connectivity index (χ1v) is 9.32. The van der Waals surface area contributed by atoms with Crippen LogP contribution in [0.5, 0.6) is 0 Å². The van der Waals surface area contributed by atoms with Gasteiger partial charge in [0.05, 0.1) is 6.21 Å². The van der Waals surface area contributed by atoms with Crippen LogP contribution in [-0.4, -0.2) is 24.1 Å². The number of halogens is 1. The van der Waals surface area contributed by atoms with Crippen LogP contribution < -0.4 is 16.1 Å². The Kier molecular flexibility index (Phi) is 7.12. The summed E-state index contributed by atoms with van der Waals surface area (Å²) in [6.45, 7) is 7.64. The van der Waals surface area contributed by atoms with Crippen LogP contribution in [0.1, 0.15) is 30.5 Å². The molecule has 142 valence electrons. The van der Waals surface area contributed by atoms with Crippen molar-refractivity contribution in [1.29, 1.82) is 0 Å². The van der Waals surface area contributed by atoms with Gasteiger partial charge in [0.15, 0.2) is 0 Å². The second-order valence-corrected chi connectivity index (χ2v) is 7.48. The van der Waals surface area contributed by atoms with E-state index in [9.17, 15) is 9.59 Å². The van der Waals surface area contributed by atoms with Gasteiger partial charge in [-0.15, -0.1) is 0 Å². The first kappa shape index (κ1) is 20.6. The normalized spacial score (nSPS) is 10.9. The monoisotopic (exact) mass is 430 g/mol. The Balaban J connectivity index is 2.15. The zero-order chi connectivity index (χ0) is 20.0. The van der Waals surface area contributed by atoms with Crippen molar-refractivity contribution in [3.8, 4) is 0 Å². The lowest BCUT2D eigenvalue weighted by atomic mass is 10.1. The average molecular weight is 431 g/mol. The molecule has 2 amide bonds. The number of hydrogen-bond donors (Lipinski definition) is 3. The molecule has 0 heterocycles. The van der Waals surface area contributed by atoms with Gasteiger partial charge in [0, 0.05) is 27.5 Å². The standard InChI is InChI=1S/C20H23BrN4O2/c1-12(2)23-19(26)20(27)25-22-11-15-10-16(21)5-6-18(15)24-17-8-13(3)7-14(4)9-17/h5-12,24H,1-4H3,(H,23,26)(H,25,27)/b22-11-. The number of hydrazone groups is 1. The number of benzene rings is 2. The van der Waals surface area contributed by atoms with Gasteiger partial charge < -0.3 is 10.6 Å². The van der Waals surface area contributed by atoms with Crippen LogP contribution in [0.2, 0.25) is 0 Å². The van der Waals surface area contributed by atoms with Crippen molar-refractivity contribution in [2.45, 2.75) is 33.7 Å². The first-order chi connectivity index (χ1) is 12.7. The minimum Gasteiger partial charge on any atom is -0.355 e. The van der Waals surface area contributed by atoms with Crippen molar-refractivity contribution in [3.05, 3.63) is 57.6 Å². The molecule has 7 heteroatoms. The zero-order valence-corrected chi connectivity index (χ0v) is 17.3. The third-order valence-electron chi connectivity index (χ3n) is 3.51. The zero-order valence-electron chi connectivity index (χ0n) is 15.8. The van der Waals surface area contributed by atoms with Crippen LogP contribution >= 0.6 is 15.9 Å². The smallest absolute Gasteiger partial charge is 0.329 e. The third kappa shape index (κ3) is 6.53. The minimum absolute atomic E-state index is 0.120. The maximum absolute atomic E-state index is 11.7. The predicted octanol–water partition coefficient (Wildman–Crippen LogP) is 3.78. The first-order valence-electron chi connectivity index (χ1n) is 8.53. The maximum Gasteiger partial charge on any atom is 0.329 e. The number of amides is 2. The summed E-state index contributed by atoms with van der Waals surface area (Å²) in [4.78, 5) is 23.3. The lowest BCUT2D eigenvalue weighted by molar-refractivity contribution is -0.139. The summed E-state index contributed by atoms with van der Waals surface area (Å²) in [6.07, 6.45) is 1.50. The number of rotatable bonds is 5. The van der Waals surface area contributed by atoms with Gasteiger partial charge in [-0.3, -0.25) is 9.59 Å². The Bertz CT molecular complexity index is 858. The number of nitrogens with zero attached hydrogens (tertiary/aromatic N) is 1. The van der Waals surface area contributed by atoms with Crippen LogP contribution in [0.3, 0.4) is 0 Å². The summed E-state index contributed by atoms with van der Waals surface area (Å²) < 4.78 is 0.874. The molecule has 0 spiro atoms. The lowest BCUT2D eigenvalue weighted by Crippen LogP contribution is -2.41. The molecular formula is C20H23BrN4O2. The van der Waals surface area contributed by atoms with Gasteiger partial charge >= 0.3 is 11.8 Å². The third-order valence-corrected chi connectivity index (χ3v) is 4.00. The highest BCUT2D eigenvalue weighted by atomic mass is 79.9. The summed E-state index contributed by atoms with van der Waals surface area (Å²) in [6, 6.07) is 11.8. The van der Waals surface area contributed by atoms with Crippen LogP contribution in [-0.2, 0) is 9.59 Å². The Morgan fingerprint density at radius 3 is 2.33 bits per heavy atom. The number of carbonyl (C=O) groups is 2. The fourth-order valence-corrected chi connectivity index (χ4v) is 2.87. The number of nitrogens with one attached hydrogen (secondary N) is 3. The van der Waals surface area contributed by atoms with Crippen molar-refractivity contribution in [3.63, 3.8) is 0 Å². The van der Waals surface area contributed by atoms with Crippen molar-refractivity contribution in [1.82, 2.24) is 10.7 Å². The molecule has 6 nitrogen and oxygen atoms in total. The van der Waals surface area contributed by atoms with Crippen LogP contribution in [0.25, 0.3) is 0 Å². The minimum atomic E-state index is -0.807. The molecule has 0 radical (unpaired) electrons. The molecule has 0 aliphatic heterocycles. The van der Waals surface area contributed by atoms with Gasteiger partial charge in [-0.1, -0.05) is 22.0 Å². The van der Waals surface area contributed by atoms with E-state index >= 15 is 0 Å². The molecule has 0 saturated carbocycles. The Labute approximate surface area is 167 Å². The molecule has 2 aromatic rings. The van der Waals surface area contributed by atoms with Crippen molar-refractivity contribution in [2.75, 3.05) is 5.32 Å². The highest BCUT2D eigenvalue weighted by Crippen LogP contribution is 2.24. The lowest BCUT2D eigenvalue weighted by Gasteiger charge is -2.12.